The lowest BCUT2D eigenvalue weighted by atomic mass is 10.2. The molecule has 0 aliphatic heterocycles. The molecule has 1 aromatic carbocycles. The lowest BCUT2D eigenvalue weighted by Crippen LogP contribution is -2.03. The molecule has 0 aliphatic carbocycles. The quantitative estimate of drug-likeness (QED) is 0.802. The first-order valence-electron chi connectivity index (χ1n) is 5.36. The molecule has 0 heterocycles. The lowest BCUT2D eigenvalue weighted by molar-refractivity contribution is -0.132. The maximum absolute atomic E-state index is 12.8. The first-order chi connectivity index (χ1) is 8.04. The average molecular weight is 238 g/mol. The van der Waals surface area contributed by atoms with Crippen LogP contribution in [0.2, 0.25) is 0 Å². The van der Waals surface area contributed by atoms with Crippen LogP contribution in [0.4, 0.5) is 4.39 Å². The zero-order valence-corrected chi connectivity index (χ0v) is 9.87. The second-order valence-electron chi connectivity index (χ2n) is 3.61. The van der Waals surface area contributed by atoms with Gasteiger partial charge in [0.05, 0.1) is 0 Å². The Hall–Kier alpha value is -1.84. The zero-order valence-electron chi connectivity index (χ0n) is 9.87. The summed E-state index contributed by atoms with van der Waals surface area (Å²) >= 11 is 0. The number of halogens is 1. The third-order valence-electron chi connectivity index (χ3n) is 2.36. The smallest absolute Gasteiger partial charge is 0.331 e. The fraction of sp³-hybridized carbons (Fsp3) is 0.308. The van der Waals surface area contributed by atoms with E-state index in [4.69, 9.17) is 9.84 Å². The van der Waals surface area contributed by atoms with Gasteiger partial charge in [-0.3, -0.25) is 0 Å². The van der Waals surface area contributed by atoms with Crippen molar-refractivity contribution in [1.82, 2.24) is 0 Å². The van der Waals surface area contributed by atoms with E-state index in [-0.39, 0.29) is 12.4 Å². The summed E-state index contributed by atoms with van der Waals surface area (Å²) in [5.74, 6) is -0.694. The molecule has 3 nitrogen and oxygen atoms in total. The molecule has 4 heteroatoms. The molecule has 0 aromatic heterocycles. The van der Waals surface area contributed by atoms with E-state index in [0.717, 1.165) is 0 Å². The summed E-state index contributed by atoms with van der Waals surface area (Å²) in [6, 6.07) is 4.21. The number of hydrogen-bond acceptors (Lipinski definition) is 2. The normalized spacial score (nSPS) is 11.4. The van der Waals surface area contributed by atoms with Crippen molar-refractivity contribution in [2.75, 3.05) is 6.61 Å². The van der Waals surface area contributed by atoms with Crippen LogP contribution >= 0.6 is 0 Å². The Morgan fingerprint density at radius 2 is 2.24 bits per heavy atom. The molecule has 0 saturated carbocycles. The Labute approximate surface area is 99.5 Å². The Bertz CT molecular complexity index is 438. The van der Waals surface area contributed by atoms with Gasteiger partial charge >= 0.3 is 5.97 Å². The van der Waals surface area contributed by atoms with Gasteiger partial charge in [0.2, 0.25) is 0 Å². The van der Waals surface area contributed by atoms with E-state index in [9.17, 15) is 9.18 Å². The summed E-state index contributed by atoms with van der Waals surface area (Å²) in [7, 11) is 0. The number of benzene rings is 1. The van der Waals surface area contributed by atoms with Gasteiger partial charge in [-0.1, -0.05) is 6.92 Å². The zero-order chi connectivity index (χ0) is 12.8. The van der Waals surface area contributed by atoms with Crippen molar-refractivity contribution in [2.24, 2.45) is 0 Å². The summed E-state index contributed by atoms with van der Waals surface area (Å²) in [6.45, 7) is 3.67. The van der Waals surface area contributed by atoms with Crippen molar-refractivity contribution in [3.63, 3.8) is 0 Å². The molecule has 1 N–H and O–H groups in total. The Morgan fingerprint density at radius 3 is 2.76 bits per heavy atom. The van der Waals surface area contributed by atoms with Crippen molar-refractivity contribution < 1.29 is 19.0 Å². The Kier molecular flexibility index (Phi) is 4.69. The minimum absolute atomic E-state index is 0.169. The number of aryl methyl sites for hydroxylation is 1. The number of rotatable bonds is 5. The highest BCUT2D eigenvalue weighted by Crippen LogP contribution is 2.18. The maximum atomic E-state index is 12.8. The summed E-state index contributed by atoms with van der Waals surface area (Å²) in [6.07, 6.45) is 1.96. The van der Waals surface area contributed by atoms with E-state index in [1.807, 2.05) is 0 Å². The highest BCUT2D eigenvalue weighted by atomic mass is 19.1. The van der Waals surface area contributed by atoms with Crippen LogP contribution in [0.3, 0.4) is 0 Å². The molecular formula is C13H15FO3. The van der Waals surface area contributed by atoms with Gasteiger partial charge in [0.25, 0.3) is 0 Å². The van der Waals surface area contributed by atoms with Gasteiger partial charge in [-0.2, -0.15) is 0 Å². The minimum atomic E-state index is -0.938. The Balaban J connectivity index is 2.65. The van der Waals surface area contributed by atoms with E-state index in [1.54, 1.807) is 13.8 Å². The fourth-order valence-electron chi connectivity index (χ4n) is 1.39. The van der Waals surface area contributed by atoms with Crippen LogP contribution in [0.1, 0.15) is 18.9 Å². The van der Waals surface area contributed by atoms with E-state index in [0.29, 0.717) is 23.3 Å². The van der Waals surface area contributed by atoms with Crippen molar-refractivity contribution in [2.45, 2.75) is 20.3 Å². The van der Waals surface area contributed by atoms with Gasteiger partial charge in [-0.25, -0.2) is 9.18 Å². The molecular weight excluding hydrogens is 223 g/mol. The number of aliphatic carboxylic acids is 1. The molecule has 1 aromatic rings. The molecule has 0 unspecified atom stereocenters. The first kappa shape index (κ1) is 13.2. The van der Waals surface area contributed by atoms with Crippen molar-refractivity contribution in [1.29, 1.82) is 0 Å². The number of hydrogen-bond donors (Lipinski definition) is 1. The van der Waals surface area contributed by atoms with Gasteiger partial charge in [0.15, 0.2) is 0 Å². The molecule has 17 heavy (non-hydrogen) atoms. The molecule has 0 bridgehead atoms. The van der Waals surface area contributed by atoms with Gasteiger partial charge < -0.3 is 9.84 Å². The van der Waals surface area contributed by atoms with E-state index in [1.165, 1.54) is 24.3 Å². The van der Waals surface area contributed by atoms with Gasteiger partial charge in [0.1, 0.15) is 18.2 Å². The maximum Gasteiger partial charge on any atom is 0.331 e. The number of carbonyl (C=O) groups is 1. The van der Waals surface area contributed by atoms with E-state index >= 15 is 0 Å². The van der Waals surface area contributed by atoms with Crippen LogP contribution in [0.15, 0.2) is 29.8 Å². The molecule has 0 saturated heterocycles. The molecule has 0 radical (unpaired) electrons. The van der Waals surface area contributed by atoms with Crippen LogP contribution in [0.5, 0.6) is 5.75 Å². The summed E-state index contributed by atoms with van der Waals surface area (Å²) in [5.41, 5.74) is 0.997. The molecule has 92 valence electrons. The van der Waals surface area contributed by atoms with E-state index < -0.39 is 5.97 Å². The minimum Gasteiger partial charge on any atom is -0.489 e. The Morgan fingerprint density at radius 1 is 1.53 bits per heavy atom. The number of carboxylic acids is 1. The molecule has 0 amide bonds. The first-order valence-corrected chi connectivity index (χ1v) is 5.36. The molecule has 0 fully saturated rings. The number of ether oxygens (including phenoxy) is 1. The van der Waals surface area contributed by atoms with Crippen molar-refractivity contribution in [3.8, 4) is 5.75 Å². The van der Waals surface area contributed by atoms with Crippen molar-refractivity contribution >= 4 is 5.97 Å². The third-order valence-corrected chi connectivity index (χ3v) is 2.36. The monoisotopic (exact) mass is 238 g/mol. The third kappa shape index (κ3) is 3.90. The molecule has 1 rings (SSSR count). The average Bonchev–Trinajstić information content (AvgIpc) is 2.26. The fourth-order valence-corrected chi connectivity index (χ4v) is 1.39. The number of carboxylic acid groups (broad SMARTS) is 1. The summed E-state index contributed by atoms with van der Waals surface area (Å²) in [5, 5.41) is 8.79. The van der Waals surface area contributed by atoms with E-state index in [2.05, 4.69) is 0 Å². The largest absolute Gasteiger partial charge is 0.489 e. The predicted molar refractivity (Wildman–Crippen MR) is 62.6 cm³/mol. The van der Waals surface area contributed by atoms with Gasteiger partial charge in [-0.05, 0) is 43.2 Å². The van der Waals surface area contributed by atoms with Gasteiger partial charge in [-0.15, -0.1) is 0 Å². The highest BCUT2D eigenvalue weighted by Gasteiger charge is 2.04. The molecule has 0 atom stereocenters. The van der Waals surface area contributed by atoms with Crippen LogP contribution in [0.25, 0.3) is 0 Å². The SMILES string of the molecule is CC/C(=C/COc1ccc(F)cc1C)C(=O)O. The molecule has 0 spiro atoms. The summed E-state index contributed by atoms with van der Waals surface area (Å²) in [4.78, 5) is 10.7. The molecule has 0 aliphatic rings. The van der Waals surface area contributed by atoms with Gasteiger partial charge in [0, 0.05) is 5.57 Å². The predicted octanol–water partition coefficient (Wildman–Crippen LogP) is 2.93. The van der Waals surface area contributed by atoms with Crippen molar-refractivity contribution in [3.05, 3.63) is 41.2 Å². The second kappa shape index (κ2) is 6.03. The summed E-state index contributed by atoms with van der Waals surface area (Å²) < 4.78 is 18.2. The van der Waals surface area contributed by atoms with Crippen LogP contribution in [-0.4, -0.2) is 17.7 Å². The lowest BCUT2D eigenvalue weighted by Gasteiger charge is -2.07. The van der Waals surface area contributed by atoms with Crippen LogP contribution in [-0.2, 0) is 4.79 Å². The highest BCUT2D eigenvalue weighted by molar-refractivity contribution is 5.86. The van der Waals surface area contributed by atoms with Crippen LogP contribution < -0.4 is 4.74 Å². The second-order valence-corrected chi connectivity index (χ2v) is 3.61. The topological polar surface area (TPSA) is 46.5 Å². The standard InChI is InChI=1S/C13H15FO3/c1-3-10(13(15)16)6-7-17-12-5-4-11(14)8-9(12)2/h4-6,8H,3,7H2,1-2H3,(H,15,16)/b10-6-. The van der Waals surface area contributed by atoms with Crippen LogP contribution in [0, 0.1) is 12.7 Å².